The van der Waals surface area contributed by atoms with Crippen molar-refractivity contribution in [2.75, 3.05) is 39.9 Å². The Kier molecular flexibility index (Phi) is 28.4. The second kappa shape index (κ2) is 26.4. The van der Waals surface area contributed by atoms with Gasteiger partial charge in [-0.1, -0.05) is 96.8 Å². The highest BCUT2D eigenvalue weighted by atomic mass is 35.5. The van der Waals surface area contributed by atoms with Crippen molar-refractivity contribution < 1.29 is 27.1 Å². The predicted molar refractivity (Wildman–Crippen MR) is 133 cm³/mol. The molecule has 0 aliphatic heterocycles. The highest BCUT2D eigenvalue weighted by Crippen LogP contribution is 2.15. The number of aliphatic hydroxyl groups is 2. The molecular weight excluding hydrogens is 406 g/mol. The van der Waals surface area contributed by atoms with E-state index < -0.39 is 0 Å². The summed E-state index contributed by atoms with van der Waals surface area (Å²) in [7, 11) is 2.37. The van der Waals surface area contributed by atoms with E-state index in [9.17, 15) is 0 Å². The minimum Gasteiger partial charge on any atom is -1.00 e. The lowest BCUT2D eigenvalue weighted by atomic mass is 10.0. The van der Waals surface area contributed by atoms with Gasteiger partial charge in [0.25, 0.3) is 0 Å². The molecule has 4 heteroatoms. The Bertz CT molecular complexity index is 318. The smallest absolute Gasteiger partial charge is 0.0785 e. The van der Waals surface area contributed by atoms with E-state index in [0.717, 1.165) is 30.2 Å². The Morgan fingerprint density at radius 1 is 0.419 bits per heavy atom. The van der Waals surface area contributed by atoms with Gasteiger partial charge in [-0.15, -0.1) is 0 Å². The molecule has 0 saturated heterocycles. The zero-order valence-corrected chi connectivity index (χ0v) is 22.2. The molecule has 2 N–H and O–H groups in total. The minimum atomic E-state index is 0. The normalized spacial score (nSPS) is 11.6. The van der Waals surface area contributed by atoms with Crippen molar-refractivity contribution >= 4 is 0 Å². The molecule has 0 radical (unpaired) electrons. The molecule has 31 heavy (non-hydrogen) atoms. The molecule has 0 aliphatic rings. The van der Waals surface area contributed by atoms with Crippen LogP contribution in [0.3, 0.4) is 0 Å². The highest BCUT2D eigenvalue weighted by Gasteiger charge is 2.19. The monoisotopic (exact) mass is 463 g/mol. The number of unbranched alkanes of at least 4 members (excludes halogenated alkanes) is 17. The van der Waals surface area contributed by atoms with Gasteiger partial charge >= 0.3 is 0 Å². The molecule has 0 aromatic carbocycles. The topological polar surface area (TPSA) is 40.5 Å². The zero-order chi connectivity index (χ0) is 22.2. The van der Waals surface area contributed by atoms with Crippen LogP contribution < -0.4 is 12.4 Å². The van der Waals surface area contributed by atoms with Crippen molar-refractivity contribution in [3.8, 4) is 0 Å². The molecule has 0 rings (SSSR count). The van der Waals surface area contributed by atoms with Crippen LogP contribution in [0, 0.1) is 0 Å². The second-order valence-corrected chi connectivity index (χ2v) is 9.96. The summed E-state index contributed by atoms with van der Waals surface area (Å²) in [5.41, 5.74) is 0. The molecule has 0 aromatic heterocycles. The van der Waals surface area contributed by atoms with Gasteiger partial charge in [0, 0.05) is 13.2 Å². The number of halogens is 1. The van der Waals surface area contributed by atoms with Crippen LogP contribution in [-0.2, 0) is 0 Å². The van der Waals surface area contributed by atoms with E-state index in [4.69, 9.17) is 10.2 Å². The van der Waals surface area contributed by atoms with Gasteiger partial charge in [0.05, 0.1) is 26.7 Å². The molecule has 0 bridgehead atoms. The van der Waals surface area contributed by atoms with Crippen molar-refractivity contribution in [1.29, 1.82) is 0 Å². The third-order valence-corrected chi connectivity index (χ3v) is 6.76. The summed E-state index contributed by atoms with van der Waals surface area (Å²) >= 11 is 0. The first-order valence-electron chi connectivity index (χ1n) is 13.7. The first kappa shape index (κ1) is 33.3. The van der Waals surface area contributed by atoms with Crippen LogP contribution in [0.5, 0.6) is 0 Å². The van der Waals surface area contributed by atoms with Crippen LogP contribution in [0.15, 0.2) is 0 Å². The highest BCUT2D eigenvalue weighted by molar-refractivity contribution is 4.51. The fourth-order valence-corrected chi connectivity index (χ4v) is 4.59. The fraction of sp³-hybridized carbons (Fsp3) is 1.00. The average Bonchev–Trinajstić information content (AvgIpc) is 2.74. The Hall–Kier alpha value is 0.170. The van der Waals surface area contributed by atoms with Crippen LogP contribution in [0.25, 0.3) is 0 Å². The second-order valence-electron chi connectivity index (χ2n) is 9.96. The molecule has 0 amide bonds. The summed E-state index contributed by atoms with van der Waals surface area (Å²) in [5, 5.41) is 18.1. The first-order chi connectivity index (χ1) is 14.7. The molecule has 0 unspecified atom stereocenters. The number of hydrogen-bond donors (Lipinski definition) is 2. The van der Waals surface area contributed by atoms with Gasteiger partial charge in [-0.05, 0) is 38.5 Å². The van der Waals surface area contributed by atoms with Gasteiger partial charge in [0.1, 0.15) is 0 Å². The summed E-state index contributed by atoms with van der Waals surface area (Å²) in [4.78, 5) is 0. The van der Waals surface area contributed by atoms with E-state index in [0.29, 0.717) is 13.2 Å². The molecule has 3 nitrogen and oxygen atoms in total. The molecular formula is C27H58ClNO2. The fourth-order valence-electron chi connectivity index (χ4n) is 4.59. The van der Waals surface area contributed by atoms with Gasteiger partial charge in [0.15, 0.2) is 0 Å². The van der Waals surface area contributed by atoms with Gasteiger partial charge in [-0.3, -0.25) is 0 Å². The molecule has 0 heterocycles. The zero-order valence-electron chi connectivity index (χ0n) is 21.4. The standard InChI is InChI=1S/C27H58NO2.ClH/c1-3-4-5-6-7-8-9-10-11-12-13-14-15-16-17-18-23-28(2,24-19-21-26-29)25-20-22-27-30;/h29-30H,3-27H2,1-2H3;1H/q+1;/p-1. The summed E-state index contributed by atoms with van der Waals surface area (Å²) < 4.78 is 1.12. The van der Waals surface area contributed by atoms with Crippen LogP contribution >= 0.6 is 0 Å². The van der Waals surface area contributed by atoms with Gasteiger partial charge in [-0.2, -0.15) is 0 Å². The van der Waals surface area contributed by atoms with Crippen molar-refractivity contribution in [2.24, 2.45) is 0 Å². The number of aliphatic hydroxyl groups excluding tert-OH is 2. The van der Waals surface area contributed by atoms with Gasteiger partial charge < -0.3 is 27.1 Å². The van der Waals surface area contributed by atoms with Crippen LogP contribution in [0.1, 0.15) is 135 Å². The Balaban J connectivity index is 0. The number of nitrogens with zero attached hydrogens (tertiary/aromatic N) is 1. The Morgan fingerprint density at radius 2 is 0.677 bits per heavy atom. The first-order valence-corrected chi connectivity index (χ1v) is 13.7. The van der Waals surface area contributed by atoms with E-state index in [-0.39, 0.29) is 12.4 Å². The molecule has 0 aliphatic carbocycles. The van der Waals surface area contributed by atoms with E-state index >= 15 is 0 Å². The maximum absolute atomic E-state index is 9.06. The largest absolute Gasteiger partial charge is 1.00 e. The van der Waals surface area contributed by atoms with E-state index in [1.807, 2.05) is 0 Å². The van der Waals surface area contributed by atoms with Crippen LogP contribution in [0.4, 0.5) is 0 Å². The third-order valence-electron chi connectivity index (χ3n) is 6.76. The van der Waals surface area contributed by atoms with E-state index in [2.05, 4.69) is 14.0 Å². The van der Waals surface area contributed by atoms with Crippen molar-refractivity contribution in [2.45, 2.75) is 135 Å². The maximum atomic E-state index is 9.06. The van der Waals surface area contributed by atoms with Crippen molar-refractivity contribution in [3.63, 3.8) is 0 Å². The summed E-state index contributed by atoms with van der Waals surface area (Å²) in [6.07, 6.45) is 26.9. The molecule has 0 spiro atoms. The average molecular weight is 464 g/mol. The van der Waals surface area contributed by atoms with Crippen LogP contribution in [0.2, 0.25) is 0 Å². The molecule has 0 aromatic rings. The van der Waals surface area contributed by atoms with Gasteiger partial charge in [0.2, 0.25) is 0 Å². The summed E-state index contributed by atoms with van der Waals surface area (Å²) in [6.45, 7) is 6.52. The van der Waals surface area contributed by atoms with E-state index in [1.54, 1.807) is 0 Å². The Labute approximate surface area is 202 Å². The van der Waals surface area contributed by atoms with Crippen LogP contribution in [-0.4, -0.2) is 54.6 Å². The van der Waals surface area contributed by atoms with Crippen molar-refractivity contribution in [1.82, 2.24) is 0 Å². The van der Waals surface area contributed by atoms with E-state index in [1.165, 1.54) is 122 Å². The number of rotatable bonds is 25. The molecule has 0 fully saturated rings. The lowest BCUT2D eigenvalue weighted by molar-refractivity contribution is -0.910. The Morgan fingerprint density at radius 3 is 0.968 bits per heavy atom. The SMILES string of the molecule is CCCCCCCCCCCCCCCCCC[N+](C)(CCCCO)CCCCO.[Cl-]. The predicted octanol–water partition coefficient (Wildman–Crippen LogP) is 4.24. The number of hydrogen-bond acceptors (Lipinski definition) is 2. The number of quaternary nitrogens is 1. The quantitative estimate of drug-likeness (QED) is 0.157. The lowest BCUT2D eigenvalue weighted by Crippen LogP contribution is -3.00. The molecule has 0 saturated carbocycles. The summed E-state index contributed by atoms with van der Waals surface area (Å²) in [5.74, 6) is 0. The lowest BCUT2D eigenvalue weighted by Gasteiger charge is -2.35. The minimum absolute atomic E-state index is 0. The third kappa shape index (κ3) is 24.6. The summed E-state index contributed by atoms with van der Waals surface area (Å²) in [6, 6.07) is 0. The maximum Gasteiger partial charge on any atom is 0.0785 e. The van der Waals surface area contributed by atoms with Gasteiger partial charge in [-0.25, -0.2) is 0 Å². The molecule has 0 atom stereocenters. The molecule has 190 valence electrons. The van der Waals surface area contributed by atoms with Crippen molar-refractivity contribution in [3.05, 3.63) is 0 Å².